The molecule has 2 nitrogen and oxygen atoms in total. The molecule has 18 heavy (non-hydrogen) atoms. The third-order valence-electron chi connectivity index (χ3n) is 2.79. The fourth-order valence-electron chi connectivity index (χ4n) is 1.70. The number of hydrogen-bond acceptors (Lipinski definition) is 2. The van der Waals surface area contributed by atoms with Crippen LogP contribution in [-0.4, -0.2) is 19.2 Å². The quantitative estimate of drug-likeness (QED) is 0.827. The van der Waals surface area contributed by atoms with E-state index in [4.69, 9.17) is 0 Å². The van der Waals surface area contributed by atoms with Crippen molar-refractivity contribution in [2.75, 3.05) is 19.0 Å². The molecule has 0 atom stereocenters. The lowest BCUT2D eigenvalue weighted by atomic mass is 10.1. The molecule has 0 amide bonds. The normalized spacial score (nSPS) is 10.8. The Hall–Kier alpha value is -2.22. The number of hydrogen-bond donors (Lipinski definition) is 1. The maximum atomic E-state index is 9.94. The number of aromatic hydroxyl groups is 1. The lowest BCUT2D eigenvalue weighted by molar-refractivity contribution is 0.474. The molecule has 2 heteroatoms. The molecule has 2 aromatic rings. The number of nitrogens with zero attached hydrogens (tertiary/aromatic N) is 1. The second-order valence-electron chi connectivity index (χ2n) is 4.38. The zero-order valence-electron chi connectivity index (χ0n) is 10.7. The van der Waals surface area contributed by atoms with E-state index >= 15 is 0 Å². The summed E-state index contributed by atoms with van der Waals surface area (Å²) >= 11 is 0. The van der Waals surface area contributed by atoms with Crippen LogP contribution < -0.4 is 4.90 Å². The second kappa shape index (κ2) is 5.41. The third-order valence-corrected chi connectivity index (χ3v) is 2.79. The smallest absolute Gasteiger partial charge is 0.124 e. The Bertz CT molecular complexity index is 544. The molecule has 0 aliphatic carbocycles. The number of phenols is 1. The molecule has 0 aliphatic heterocycles. The highest BCUT2D eigenvalue weighted by Gasteiger charge is 2.01. The van der Waals surface area contributed by atoms with E-state index < -0.39 is 0 Å². The van der Waals surface area contributed by atoms with E-state index in [1.54, 1.807) is 6.07 Å². The van der Waals surface area contributed by atoms with E-state index in [1.165, 1.54) is 0 Å². The molecule has 0 aromatic heterocycles. The van der Waals surface area contributed by atoms with Crippen molar-refractivity contribution in [1.29, 1.82) is 0 Å². The van der Waals surface area contributed by atoms with Crippen molar-refractivity contribution in [3.63, 3.8) is 0 Å². The van der Waals surface area contributed by atoms with Crippen LogP contribution in [0.15, 0.2) is 48.5 Å². The Kier molecular flexibility index (Phi) is 3.68. The maximum absolute atomic E-state index is 9.94. The molecule has 0 saturated carbocycles. The largest absolute Gasteiger partial charge is 0.507 e. The minimum atomic E-state index is 0.299. The molecule has 0 fully saturated rings. The predicted octanol–water partition coefficient (Wildman–Crippen LogP) is 3.63. The zero-order chi connectivity index (χ0) is 13.0. The minimum absolute atomic E-state index is 0.299. The van der Waals surface area contributed by atoms with Crippen LogP contribution in [0, 0.1) is 0 Å². The van der Waals surface area contributed by atoms with Gasteiger partial charge in [-0.25, -0.2) is 0 Å². The summed E-state index contributed by atoms with van der Waals surface area (Å²) in [4.78, 5) is 1.96. The molecule has 92 valence electrons. The first kappa shape index (κ1) is 12.2. The molecule has 0 bridgehead atoms. The van der Waals surface area contributed by atoms with Crippen molar-refractivity contribution in [2.24, 2.45) is 0 Å². The Morgan fingerprint density at radius 1 is 0.944 bits per heavy atom. The van der Waals surface area contributed by atoms with Gasteiger partial charge in [-0.1, -0.05) is 42.5 Å². The van der Waals surface area contributed by atoms with E-state index in [1.807, 2.05) is 73.6 Å². The first-order valence-electron chi connectivity index (χ1n) is 5.90. The highest BCUT2D eigenvalue weighted by molar-refractivity contribution is 5.73. The van der Waals surface area contributed by atoms with Gasteiger partial charge in [0, 0.05) is 31.4 Å². The summed E-state index contributed by atoms with van der Waals surface area (Å²) in [5, 5.41) is 9.94. The highest BCUT2D eigenvalue weighted by Crippen LogP contribution is 2.25. The second-order valence-corrected chi connectivity index (χ2v) is 4.38. The molecule has 0 unspecified atom stereocenters. The van der Waals surface area contributed by atoms with E-state index in [9.17, 15) is 5.11 Å². The highest BCUT2D eigenvalue weighted by atomic mass is 16.3. The van der Waals surface area contributed by atoms with Crippen molar-refractivity contribution in [1.82, 2.24) is 0 Å². The van der Waals surface area contributed by atoms with Crippen molar-refractivity contribution in [3.8, 4) is 5.75 Å². The lowest BCUT2D eigenvalue weighted by Gasteiger charge is -2.13. The van der Waals surface area contributed by atoms with Crippen molar-refractivity contribution >= 4 is 17.8 Å². The predicted molar refractivity (Wildman–Crippen MR) is 77.8 cm³/mol. The summed E-state index contributed by atoms with van der Waals surface area (Å²) < 4.78 is 0. The summed E-state index contributed by atoms with van der Waals surface area (Å²) in [5.41, 5.74) is 2.93. The Labute approximate surface area is 108 Å². The monoisotopic (exact) mass is 239 g/mol. The molecule has 1 N–H and O–H groups in total. The van der Waals surface area contributed by atoms with Crippen molar-refractivity contribution < 1.29 is 5.11 Å². The van der Waals surface area contributed by atoms with E-state index in [0.29, 0.717) is 5.75 Å². The van der Waals surface area contributed by atoms with Gasteiger partial charge in [-0.3, -0.25) is 0 Å². The molecule has 0 saturated heterocycles. The van der Waals surface area contributed by atoms with Crippen LogP contribution in [0.2, 0.25) is 0 Å². The summed E-state index contributed by atoms with van der Waals surface area (Å²) in [6.45, 7) is 0. The number of benzene rings is 2. The first-order chi connectivity index (χ1) is 8.66. The fraction of sp³-hybridized carbons (Fsp3) is 0.125. The molecule has 2 aromatic carbocycles. The van der Waals surface area contributed by atoms with Crippen LogP contribution in [0.4, 0.5) is 5.69 Å². The van der Waals surface area contributed by atoms with Crippen LogP contribution in [-0.2, 0) is 0 Å². The third kappa shape index (κ3) is 2.92. The number of anilines is 1. The fourth-order valence-corrected chi connectivity index (χ4v) is 1.70. The molecule has 0 heterocycles. The molecule has 0 aliphatic rings. The van der Waals surface area contributed by atoms with Gasteiger partial charge in [-0.05, 0) is 17.7 Å². The summed E-state index contributed by atoms with van der Waals surface area (Å²) in [7, 11) is 3.91. The Balaban J connectivity index is 2.22. The number of phenolic OH excluding ortho intramolecular Hbond substituents is 1. The maximum Gasteiger partial charge on any atom is 0.124 e. The minimum Gasteiger partial charge on any atom is -0.507 e. The standard InChI is InChI=1S/C16H17NO/c1-17(2)15-11-10-14(16(18)12-15)9-8-13-6-4-3-5-7-13/h3-12,18H,1-2H3/b9-8+. The zero-order valence-corrected chi connectivity index (χ0v) is 10.7. The molecule has 2 rings (SSSR count). The van der Waals surface area contributed by atoms with Crippen LogP contribution in [0.3, 0.4) is 0 Å². The summed E-state index contributed by atoms with van der Waals surface area (Å²) in [6, 6.07) is 15.7. The van der Waals surface area contributed by atoms with Gasteiger partial charge in [0.15, 0.2) is 0 Å². The summed E-state index contributed by atoms with van der Waals surface area (Å²) in [6.07, 6.45) is 3.91. The first-order valence-corrected chi connectivity index (χ1v) is 5.90. The molecule has 0 radical (unpaired) electrons. The van der Waals surface area contributed by atoms with Crippen LogP contribution in [0.25, 0.3) is 12.2 Å². The SMILES string of the molecule is CN(C)c1ccc(/C=C/c2ccccc2)c(O)c1. The summed E-state index contributed by atoms with van der Waals surface area (Å²) in [5.74, 6) is 0.299. The van der Waals surface area contributed by atoms with E-state index in [-0.39, 0.29) is 0 Å². The van der Waals surface area contributed by atoms with Crippen LogP contribution in [0.1, 0.15) is 11.1 Å². The Morgan fingerprint density at radius 3 is 2.28 bits per heavy atom. The van der Waals surface area contributed by atoms with Gasteiger partial charge >= 0.3 is 0 Å². The van der Waals surface area contributed by atoms with Gasteiger partial charge in [0.25, 0.3) is 0 Å². The number of rotatable bonds is 3. The molecular weight excluding hydrogens is 222 g/mol. The van der Waals surface area contributed by atoms with Crippen LogP contribution >= 0.6 is 0 Å². The van der Waals surface area contributed by atoms with Crippen molar-refractivity contribution in [3.05, 3.63) is 59.7 Å². The van der Waals surface area contributed by atoms with Crippen molar-refractivity contribution in [2.45, 2.75) is 0 Å². The topological polar surface area (TPSA) is 23.5 Å². The van der Waals surface area contributed by atoms with Crippen LogP contribution in [0.5, 0.6) is 5.75 Å². The van der Waals surface area contributed by atoms with Gasteiger partial charge in [0.2, 0.25) is 0 Å². The Morgan fingerprint density at radius 2 is 1.67 bits per heavy atom. The van der Waals surface area contributed by atoms with Gasteiger partial charge < -0.3 is 10.0 Å². The average molecular weight is 239 g/mol. The van der Waals surface area contributed by atoms with Gasteiger partial charge in [-0.15, -0.1) is 0 Å². The van der Waals surface area contributed by atoms with Gasteiger partial charge in [0.1, 0.15) is 5.75 Å². The van der Waals surface area contributed by atoms with E-state index in [0.717, 1.165) is 16.8 Å². The van der Waals surface area contributed by atoms with Gasteiger partial charge in [0.05, 0.1) is 0 Å². The van der Waals surface area contributed by atoms with Gasteiger partial charge in [-0.2, -0.15) is 0 Å². The lowest BCUT2D eigenvalue weighted by Crippen LogP contribution is -2.08. The molecular formula is C16H17NO. The average Bonchev–Trinajstić information content (AvgIpc) is 2.38. The molecule has 0 spiro atoms. The van der Waals surface area contributed by atoms with E-state index in [2.05, 4.69) is 0 Å².